The summed E-state index contributed by atoms with van der Waals surface area (Å²) in [5.41, 5.74) is 2.90. The SMILES string of the molecule is Cn1ccnc1CN[C@H]1CCCC[C@@H]1Cc1ccc2c(c1)CN(C1CCC(=O)NC1=O)C2=O. The monoisotopic (exact) mass is 449 g/mol. The molecule has 0 bridgehead atoms. The van der Waals surface area contributed by atoms with Gasteiger partial charge in [-0.2, -0.15) is 0 Å². The van der Waals surface area contributed by atoms with Crippen LogP contribution in [0.15, 0.2) is 30.6 Å². The lowest BCUT2D eigenvalue weighted by Crippen LogP contribution is -2.52. The summed E-state index contributed by atoms with van der Waals surface area (Å²) < 4.78 is 2.05. The molecule has 1 aromatic carbocycles. The van der Waals surface area contributed by atoms with Crippen LogP contribution < -0.4 is 10.6 Å². The topological polar surface area (TPSA) is 96.3 Å². The van der Waals surface area contributed by atoms with Gasteiger partial charge in [-0.3, -0.25) is 19.7 Å². The average molecular weight is 450 g/mol. The van der Waals surface area contributed by atoms with Gasteiger partial charge < -0.3 is 14.8 Å². The van der Waals surface area contributed by atoms with Crippen LogP contribution >= 0.6 is 0 Å². The molecule has 5 rings (SSSR count). The van der Waals surface area contributed by atoms with Crippen molar-refractivity contribution in [2.24, 2.45) is 13.0 Å². The molecule has 8 heteroatoms. The van der Waals surface area contributed by atoms with Crippen molar-refractivity contribution in [2.45, 2.75) is 70.1 Å². The van der Waals surface area contributed by atoms with Crippen LogP contribution in [0, 0.1) is 5.92 Å². The number of aryl methyl sites for hydroxylation is 1. The van der Waals surface area contributed by atoms with Crippen LogP contribution in [0.4, 0.5) is 0 Å². The maximum absolute atomic E-state index is 12.9. The van der Waals surface area contributed by atoms with Crippen molar-refractivity contribution in [3.63, 3.8) is 0 Å². The lowest BCUT2D eigenvalue weighted by Gasteiger charge is -2.32. The Morgan fingerprint density at radius 3 is 2.79 bits per heavy atom. The predicted molar refractivity (Wildman–Crippen MR) is 122 cm³/mol. The van der Waals surface area contributed by atoms with E-state index in [1.807, 2.05) is 25.5 Å². The molecule has 2 aromatic rings. The van der Waals surface area contributed by atoms with Crippen molar-refractivity contribution in [3.8, 4) is 0 Å². The van der Waals surface area contributed by atoms with E-state index in [4.69, 9.17) is 0 Å². The summed E-state index contributed by atoms with van der Waals surface area (Å²) in [6.07, 6.45) is 10.3. The average Bonchev–Trinajstić information content (AvgIpc) is 3.35. The molecule has 33 heavy (non-hydrogen) atoms. The molecule has 1 aliphatic carbocycles. The third-order valence-corrected chi connectivity index (χ3v) is 7.44. The highest BCUT2D eigenvalue weighted by molar-refractivity contribution is 6.05. The number of hydrogen-bond acceptors (Lipinski definition) is 5. The quantitative estimate of drug-likeness (QED) is 0.659. The maximum atomic E-state index is 12.9. The van der Waals surface area contributed by atoms with E-state index in [2.05, 4.69) is 32.3 Å². The lowest BCUT2D eigenvalue weighted by molar-refractivity contribution is -0.136. The minimum absolute atomic E-state index is 0.113. The Kier molecular flexibility index (Phi) is 6.01. The van der Waals surface area contributed by atoms with E-state index >= 15 is 0 Å². The minimum atomic E-state index is -0.566. The summed E-state index contributed by atoms with van der Waals surface area (Å²) in [5, 5.41) is 6.10. The summed E-state index contributed by atoms with van der Waals surface area (Å²) >= 11 is 0. The van der Waals surface area contributed by atoms with Crippen LogP contribution in [0.25, 0.3) is 0 Å². The van der Waals surface area contributed by atoms with Crippen molar-refractivity contribution in [1.82, 2.24) is 25.1 Å². The number of piperidine rings is 1. The number of amides is 3. The Bertz CT molecular complexity index is 1080. The van der Waals surface area contributed by atoms with Crippen molar-refractivity contribution in [1.29, 1.82) is 0 Å². The molecule has 174 valence electrons. The minimum Gasteiger partial charge on any atom is -0.337 e. The normalized spacial score (nSPS) is 25.3. The first kappa shape index (κ1) is 21.8. The summed E-state index contributed by atoms with van der Waals surface area (Å²) in [6.45, 7) is 1.20. The van der Waals surface area contributed by atoms with E-state index < -0.39 is 6.04 Å². The van der Waals surface area contributed by atoms with E-state index in [0.717, 1.165) is 24.4 Å². The number of nitrogens with one attached hydrogen (secondary N) is 2. The highest BCUT2D eigenvalue weighted by atomic mass is 16.2. The molecular weight excluding hydrogens is 418 g/mol. The molecule has 0 spiro atoms. The fourth-order valence-corrected chi connectivity index (χ4v) is 5.57. The molecular formula is C25H31N5O3. The van der Waals surface area contributed by atoms with E-state index in [9.17, 15) is 14.4 Å². The molecule has 1 aromatic heterocycles. The Hall–Kier alpha value is -3.00. The Balaban J connectivity index is 1.26. The predicted octanol–water partition coefficient (Wildman–Crippen LogP) is 2.07. The summed E-state index contributed by atoms with van der Waals surface area (Å²) in [5.74, 6) is 0.848. The third kappa shape index (κ3) is 4.44. The molecule has 1 saturated carbocycles. The Morgan fingerprint density at radius 1 is 1.15 bits per heavy atom. The second kappa shape index (κ2) is 9.09. The molecule has 8 nitrogen and oxygen atoms in total. The number of fused-ring (bicyclic) bond motifs is 1. The highest BCUT2D eigenvalue weighted by Gasteiger charge is 2.39. The highest BCUT2D eigenvalue weighted by Crippen LogP contribution is 2.31. The van der Waals surface area contributed by atoms with Crippen molar-refractivity contribution >= 4 is 17.7 Å². The summed E-state index contributed by atoms with van der Waals surface area (Å²) in [7, 11) is 2.02. The fourth-order valence-electron chi connectivity index (χ4n) is 5.57. The standard InChI is InChI=1S/C25H31N5O3/c1-29-11-10-26-22(29)14-27-20-5-3-2-4-17(20)12-16-6-7-19-18(13-16)15-30(25(19)33)21-8-9-23(31)28-24(21)32/h6-7,10-11,13,17,20-21,27H,2-5,8-9,12,14-15H2,1H3,(H,28,31,32)/t17-,20+,21?/m1/s1. The van der Waals surface area contributed by atoms with Gasteiger partial charge in [-0.25, -0.2) is 4.98 Å². The van der Waals surface area contributed by atoms with E-state index in [1.54, 1.807) is 4.90 Å². The molecule has 3 heterocycles. The van der Waals surface area contributed by atoms with Crippen molar-refractivity contribution < 1.29 is 14.4 Å². The van der Waals surface area contributed by atoms with Gasteiger partial charge in [-0.05, 0) is 48.8 Å². The van der Waals surface area contributed by atoms with Gasteiger partial charge in [0, 0.05) is 44.0 Å². The van der Waals surface area contributed by atoms with Gasteiger partial charge in [0.25, 0.3) is 5.91 Å². The first-order chi connectivity index (χ1) is 16.0. The Morgan fingerprint density at radius 2 is 2.00 bits per heavy atom. The first-order valence-corrected chi connectivity index (χ1v) is 12.0. The van der Waals surface area contributed by atoms with Gasteiger partial charge in [-0.15, -0.1) is 0 Å². The van der Waals surface area contributed by atoms with E-state index in [-0.39, 0.29) is 24.1 Å². The molecule has 0 radical (unpaired) electrons. The number of carbonyl (C=O) groups is 3. The summed E-state index contributed by atoms with van der Waals surface area (Å²) in [6, 6.07) is 6.01. The fraction of sp³-hybridized carbons (Fsp3) is 0.520. The number of benzene rings is 1. The number of imide groups is 1. The number of imidazole rings is 1. The molecule has 3 amide bonds. The molecule has 2 fully saturated rings. The van der Waals surface area contributed by atoms with Crippen LogP contribution in [0.2, 0.25) is 0 Å². The zero-order valence-corrected chi connectivity index (χ0v) is 19.0. The first-order valence-electron chi connectivity index (χ1n) is 12.0. The van der Waals surface area contributed by atoms with Gasteiger partial charge >= 0.3 is 0 Å². The number of carbonyl (C=O) groups excluding carboxylic acids is 3. The molecule has 2 aliphatic heterocycles. The largest absolute Gasteiger partial charge is 0.337 e. The smallest absolute Gasteiger partial charge is 0.255 e. The van der Waals surface area contributed by atoms with Gasteiger partial charge in [0.05, 0.1) is 6.54 Å². The van der Waals surface area contributed by atoms with Crippen molar-refractivity contribution in [3.05, 3.63) is 53.1 Å². The number of nitrogens with zero attached hydrogens (tertiary/aromatic N) is 3. The van der Waals surface area contributed by atoms with E-state index in [0.29, 0.717) is 30.5 Å². The number of hydrogen-bond donors (Lipinski definition) is 2. The van der Waals surface area contributed by atoms with Crippen LogP contribution in [-0.2, 0) is 36.1 Å². The molecule has 3 aliphatic rings. The van der Waals surface area contributed by atoms with Crippen LogP contribution in [-0.4, -0.2) is 44.3 Å². The zero-order chi connectivity index (χ0) is 22.9. The van der Waals surface area contributed by atoms with Crippen molar-refractivity contribution in [2.75, 3.05) is 0 Å². The molecule has 2 N–H and O–H groups in total. The second-order valence-electron chi connectivity index (χ2n) is 9.58. The number of rotatable bonds is 6. The lowest BCUT2D eigenvalue weighted by atomic mass is 9.80. The molecule has 1 unspecified atom stereocenters. The second-order valence-corrected chi connectivity index (χ2v) is 9.58. The number of aromatic nitrogens is 2. The zero-order valence-electron chi connectivity index (χ0n) is 19.0. The van der Waals surface area contributed by atoms with Crippen LogP contribution in [0.5, 0.6) is 0 Å². The molecule has 3 atom stereocenters. The van der Waals surface area contributed by atoms with Gasteiger partial charge in [0.2, 0.25) is 11.8 Å². The molecule has 1 saturated heterocycles. The van der Waals surface area contributed by atoms with E-state index in [1.165, 1.54) is 31.2 Å². The van der Waals surface area contributed by atoms with Crippen LogP contribution in [0.3, 0.4) is 0 Å². The van der Waals surface area contributed by atoms with Gasteiger partial charge in [0.15, 0.2) is 0 Å². The maximum Gasteiger partial charge on any atom is 0.255 e. The van der Waals surface area contributed by atoms with Gasteiger partial charge in [-0.1, -0.05) is 25.0 Å². The van der Waals surface area contributed by atoms with Gasteiger partial charge in [0.1, 0.15) is 11.9 Å². The third-order valence-electron chi connectivity index (χ3n) is 7.44. The Labute approximate surface area is 193 Å². The summed E-state index contributed by atoms with van der Waals surface area (Å²) in [4.78, 5) is 42.8. The van der Waals surface area contributed by atoms with Crippen LogP contribution in [0.1, 0.15) is 65.8 Å².